The van der Waals surface area contributed by atoms with Gasteiger partial charge in [0.15, 0.2) is 0 Å². The van der Waals surface area contributed by atoms with E-state index in [-0.39, 0.29) is 0 Å². The summed E-state index contributed by atoms with van der Waals surface area (Å²) in [6.45, 7) is 1.00. The number of rotatable bonds is 0. The zero-order valence-corrected chi connectivity index (χ0v) is 8.03. The van der Waals surface area contributed by atoms with E-state index in [4.69, 9.17) is 0 Å². The number of phenols is 1. The molecule has 2 N–H and O–H groups in total. The lowest BCUT2D eigenvalue weighted by Crippen LogP contribution is -2.22. The average molecular weight is 193 g/mol. The second-order valence-corrected chi connectivity index (χ2v) is 5.30. The average Bonchev–Trinajstić information content (AvgIpc) is 2.85. The highest BCUT2D eigenvalue weighted by Gasteiger charge is 2.46. The number of hydrogen-bond donors (Lipinski definition) is 2. The van der Waals surface area contributed by atoms with Crippen molar-refractivity contribution >= 4 is 17.4 Å². The number of aromatic hydroxyl groups is 1. The topological polar surface area (TPSA) is 32.3 Å². The fraction of sp³-hybridized carbons (Fsp3) is 0.400. The molecule has 0 bridgehead atoms. The third kappa shape index (κ3) is 1.10. The van der Waals surface area contributed by atoms with Crippen LogP contribution in [0.15, 0.2) is 23.1 Å². The Morgan fingerprint density at radius 3 is 3.00 bits per heavy atom. The zero-order valence-electron chi connectivity index (χ0n) is 7.21. The number of anilines is 1. The van der Waals surface area contributed by atoms with E-state index in [9.17, 15) is 5.11 Å². The van der Waals surface area contributed by atoms with Gasteiger partial charge in [-0.3, -0.25) is 0 Å². The van der Waals surface area contributed by atoms with Gasteiger partial charge >= 0.3 is 0 Å². The van der Waals surface area contributed by atoms with Crippen molar-refractivity contribution in [3.05, 3.63) is 18.2 Å². The molecule has 3 rings (SSSR count). The van der Waals surface area contributed by atoms with Crippen molar-refractivity contribution in [2.45, 2.75) is 22.5 Å². The molecule has 1 spiro atoms. The summed E-state index contributed by atoms with van der Waals surface area (Å²) < 4.78 is 0.459. The van der Waals surface area contributed by atoms with E-state index in [0.717, 1.165) is 12.2 Å². The molecule has 1 saturated carbocycles. The normalized spacial score (nSPS) is 22.2. The van der Waals surface area contributed by atoms with Gasteiger partial charge in [0.25, 0.3) is 0 Å². The first-order chi connectivity index (χ1) is 6.29. The number of phenolic OH excluding ortho intramolecular Hbond substituents is 1. The van der Waals surface area contributed by atoms with E-state index in [1.807, 2.05) is 17.8 Å². The Morgan fingerprint density at radius 2 is 2.23 bits per heavy atom. The Labute approximate surface area is 81.3 Å². The minimum atomic E-state index is 0.375. The molecule has 0 unspecified atom stereocenters. The van der Waals surface area contributed by atoms with Crippen LogP contribution >= 0.6 is 11.8 Å². The lowest BCUT2D eigenvalue weighted by Gasteiger charge is -2.25. The molecule has 13 heavy (non-hydrogen) atoms. The van der Waals surface area contributed by atoms with E-state index >= 15 is 0 Å². The maximum atomic E-state index is 9.57. The van der Waals surface area contributed by atoms with Crippen LogP contribution in [0.2, 0.25) is 0 Å². The van der Waals surface area contributed by atoms with E-state index < -0.39 is 0 Å². The van der Waals surface area contributed by atoms with Crippen molar-refractivity contribution in [3.8, 4) is 5.75 Å². The van der Waals surface area contributed by atoms with Gasteiger partial charge in [-0.2, -0.15) is 0 Å². The molecule has 0 aromatic heterocycles. The van der Waals surface area contributed by atoms with Crippen molar-refractivity contribution in [2.75, 3.05) is 11.9 Å². The highest BCUT2D eigenvalue weighted by Crippen LogP contribution is 2.56. The lowest BCUT2D eigenvalue weighted by molar-refractivity contribution is 0.475. The van der Waals surface area contributed by atoms with Crippen LogP contribution < -0.4 is 5.32 Å². The molecule has 1 aliphatic carbocycles. The summed E-state index contributed by atoms with van der Waals surface area (Å²) in [5, 5.41) is 12.9. The van der Waals surface area contributed by atoms with Crippen LogP contribution in [0.4, 0.5) is 5.69 Å². The maximum Gasteiger partial charge on any atom is 0.139 e. The molecule has 0 amide bonds. The molecule has 1 heterocycles. The van der Waals surface area contributed by atoms with Gasteiger partial charge in [-0.15, -0.1) is 11.8 Å². The standard InChI is InChI=1S/C10H11NOS/c12-7-2-1-3-8-9(7)11-6-10(13-8)4-5-10/h1-3,11-12H,4-6H2. The Kier molecular flexibility index (Phi) is 1.37. The SMILES string of the molecule is Oc1cccc2c1NCC1(CC1)S2. The molecule has 3 heteroatoms. The molecule has 0 saturated heterocycles. The summed E-state index contributed by atoms with van der Waals surface area (Å²) in [4.78, 5) is 1.20. The number of para-hydroxylation sites is 1. The van der Waals surface area contributed by atoms with E-state index in [1.54, 1.807) is 6.07 Å². The van der Waals surface area contributed by atoms with Crippen LogP contribution in [0.1, 0.15) is 12.8 Å². The van der Waals surface area contributed by atoms with Crippen molar-refractivity contribution < 1.29 is 5.11 Å². The van der Waals surface area contributed by atoms with Crippen molar-refractivity contribution in [2.24, 2.45) is 0 Å². The smallest absolute Gasteiger partial charge is 0.139 e. The van der Waals surface area contributed by atoms with Crippen molar-refractivity contribution in [1.29, 1.82) is 0 Å². The van der Waals surface area contributed by atoms with Gasteiger partial charge in [0.2, 0.25) is 0 Å². The fourth-order valence-electron chi connectivity index (χ4n) is 1.72. The molecule has 0 radical (unpaired) electrons. The highest BCUT2D eigenvalue weighted by atomic mass is 32.2. The molecule has 1 aromatic rings. The Balaban J connectivity index is 2.05. The number of thioether (sulfide) groups is 1. The lowest BCUT2D eigenvalue weighted by atomic mass is 10.2. The summed E-state index contributed by atoms with van der Waals surface area (Å²) in [6, 6.07) is 5.72. The van der Waals surface area contributed by atoms with E-state index in [0.29, 0.717) is 10.5 Å². The Morgan fingerprint density at radius 1 is 1.38 bits per heavy atom. The Hall–Kier alpha value is -0.830. The second-order valence-electron chi connectivity index (χ2n) is 3.79. The zero-order chi connectivity index (χ0) is 8.89. The molecule has 1 fully saturated rings. The van der Waals surface area contributed by atoms with E-state index in [2.05, 4.69) is 11.4 Å². The third-order valence-electron chi connectivity index (χ3n) is 2.73. The molecule has 68 valence electrons. The highest BCUT2D eigenvalue weighted by molar-refractivity contribution is 8.01. The summed E-state index contributed by atoms with van der Waals surface area (Å²) in [5.41, 5.74) is 0.921. The van der Waals surface area contributed by atoms with Gasteiger partial charge in [0.05, 0.1) is 5.69 Å². The molecule has 0 atom stereocenters. The summed E-state index contributed by atoms with van der Waals surface area (Å²) >= 11 is 1.92. The summed E-state index contributed by atoms with van der Waals surface area (Å²) in [5.74, 6) is 0.375. The van der Waals surface area contributed by atoms with Crippen LogP contribution in [0.5, 0.6) is 5.75 Å². The number of hydrogen-bond acceptors (Lipinski definition) is 3. The third-order valence-corrected chi connectivity index (χ3v) is 4.27. The minimum Gasteiger partial charge on any atom is -0.506 e. The minimum absolute atomic E-state index is 0.375. The van der Waals surface area contributed by atoms with Gasteiger partial charge < -0.3 is 10.4 Å². The monoisotopic (exact) mass is 193 g/mol. The van der Waals surface area contributed by atoms with Gasteiger partial charge in [-0.25, -0.2) is 0 Å². The molecular weight excluding hydrogens is 182 g/mol. The van der Waals surface area contributed by atoms with Crippen LogP contribution in [0.3, 0.4) is 0 Å². The quantitative estimate of drug-likeness (QED) is 0.621. The van der Waals surface area contributed by atoms with Gasteiger partial charge in [-0.05, 0) is 25.0 Å². The van der Waals surface area contributed by atoms with E-state index in [1.165, 1.54) is 17.7 Å². The van der Waals surface area contributed by atoms with Crippen LogP contribution in [0.25, 0.3) is 0 Å². The number of benzene rings is 1. The maximum absolute atomic E-state index is 9.57. The largest absolute Gasteiger partial charge is 0.506 e. The van der Waals surface area contributed by atoms with Gasteiger partial charge in [-0.1, -0.05) is 6.07 Å². The van der Waals surface area contributed by atoms with Crippen LogP contribution in [-0.2, 0) is 0 Å². The number of fused-ring (bicyclic) bond motifs is 1. The first-order valence-corrected chi connectivity index (χ1v) is 5.36. The van der Waals surface area contributed by atoms with Crippen molar-refractivity contribution in [3.63, 3.8) is 0 Å². The predicted molar refractivity (Wildman–Crippen MR) is 54.4 cm³/mol. The molecule has 1 aromatic carbocycles. The van der Waals surface area contributed by atoms with Gasteiger partial charge in [0, 0.05) is 16.2 Å². The number of nitrogens with one attached hydrogen (secondary N) is 1. The fourth-order valence-corrected chi connectivity index (χ4v) is 3.06. The summed E-state index contributed by atoms with van der Waals surface area (Å²) in [6.07, 6.45) is 2.61. The first-order valence-electron chi connectivity index (χ1n) is 4.54. The van der Waals surface area contributed by atoms with Gasteiger partial charge in [0.1, 0.15) is 5.75 Å². The molecular formula is C10H11NOS. The van der Waals surface area contributed by atoms with Crippen LogP contribution in [-0.4, -0.2) is 16.4 Å². The first kappa shape index (κ1) is 7.56. The molecule has 2 nitrogen and oxygen atoms in total. The van der Waals surface area contributed by atoms with Crippen molar-refractivity contribution in [1.82, 2.24) is 0 Å². The second kappa shape index (κ2) is 2.35. The summed E-state index contributed by atoms with van der Waals surface area (Å²) in [7, 11) is 0. The van der Waals surface area contributed by atoms with Crippen LogP contribution in [0, 0.1) is 0 Å². The molecule has 1 aliphatic heterocycles. The Bertz CT molecular complexity index is 360. The molecule has 2 aliphatic rings. The predicted octanol–water partition coefficient (Wildman–Crippen LogP) is 2.44.